The molecule has 1 aromatic carbocycles. The lowest BCUT2D eigenvalue weighted by molar-refractivity contribution is -0.131. The molecule has 1 fully saturated rings. The second kappa shape index (κ2) is 6.51. The standard InChI is InChI=1S/C16H19FN2O/c1-2-12-4-6-16(20)19(8-7-12)11-14-9-13(10-18)3-5-15(14)17/h3,5,9,12H,2,4,6-8,11H2,1H3. The van der Waals surface area contributed by atoms with Gasteiger partial charge >= 0.3 is 0 Å². The number of carbonyl (C=O) groups is 1. The van der Waals surface area contributed by atoms with Gasteiger partial charge in [0, 0.05) is 25.1 Å². The van der Waals surface area contributed by atoms with Crippen LogP contribution in [0.2, 0.25) is 0 Å². The molecule has 0 bridgehead atoms. The second-order valence-corrected chi connectivity index (χ2v) is 5.33. The summed E-state index contributed by atoms with van der Waals surface area (Å²) < 4.78 is 13.8. The van der Waals surface area contributed by atoms with Crippen molar-refractivity contribution in [2.75, 3.05) is 6.54 Å². The van der Waals surface area contributed by atoms with Gasteiger partial charge in [0.1, 0.15) is 5.82 Å². The first-order valence-electron chi connectivity index (χ1n) is 7.10. The molecule has 1 amide bonds. The predicted octanol–water partition coefficient (Wildman–Crippen LogP) is 3.24. The van der Waals surface area contributed by atoms with E-state index in [0.717, 1.165) is 19.3 Å². The van der Waals surface area contributed by atoms with Crippen LogP contribution in [0.4, 0.5) is 4.39 Å². The zero-order chi connectivity index (χ0) is 14.5. The van der Waals surface area contributed by atoms with Gasteiger partial charge in [-0.2, -0.15) is 5.26 Å². The Kier molecular flexibility index (Phi) is 4.73. The molecule has 106 valence electrons. The Hall–Kier alpha value is -1.89. The van der Waals surface area contributed by atoms with Crippen LogP contribution < -0.4 is 0 Å². The smallest absolute Gasteiger partial charge is 0.222 e. The lowest BCUT2D eigenvalue weighted by atomic mass is 9.98. The molecule has 3 nitrogen and oxygen atoms in total. The number of halogens is 1. The Morgan fingerprint density at radius 2 is 2.25 bits per heavy atom. The molecule has 0 N–H and O–H groups in total. The predicted molar refractivity (Wildman–Crippen MR) is 74.2 cm³/mol. The van der Waals surface area contributed by atoms with E-state index in [4.69, 9.17) is 5.26 Å². The number of hydrogen-bond donors (Lipinski definition) is 0. The molecule has 0 aromatic heterocycles. The van der Waals surface area contributed by atoms with Crippen molar-refractivity contribution in [2.45, 2.75) is 39.2 Å². The molecular formula is C16H19FN2O. The molecule has 4 heteroatoms. The third-order valence-electron chi connectivity index (χ3n) is 4.04. The minimum atomic E-state index is -0.354. The lowest BCUT2D eigenvalue weighted by Crippen LogP contribution is -2.30. The highest BCUT2D eigenvalue weighted by Crippen LogP contribution is 2.23. The number of rotatable bonds is 3. The largest absolute Gasteiger partial charge is 0.338 e. The first-order valence-corrected chi connectivity index (χ1v) is 7.10. The van der Waals surface area contributed by atoms with Gasteiger partial charge < -0.3 is 4.90 Å². The maximum absolute atomic E-state index is 13.8. The number of nitriles is 1. The highest BCUT2D eigenvalue weighted by Gasteiger charge is 2.22. The fourth-order valence-electron chi connectivity index (χ4n) is 2.64. The van der Waals surface area contributed by atoms with Gasteiger partial charge in [-0.1, -0.05) is 13.3 Å². The molecule has 1 heterocycles. The van der Waals surface area contributed by atoms with E-state index >= 15 is 0 Å². The number of hydrogen-bond acceptors (Lipinski definition) is 2. The quantitative estimate of drug-likeness (QED) is 0.849. The Labute approximate surface area is 119 Å². The average molecular weight is 274 g/mol. The zero-order valence-electron chi connectivity index (χ0n) is 11.7. The molecule has 20 heavy (non-hydrogen) atoms. The van der Waals surface area contributed by atoms with Gasteiger partial charge in [0.2, 0.25) is 5.91 Å². The Morgan fingerprint density at radius 3 is 2.95 bits per heavy atom. The number of amides is 1. The lowest BCUT2D eigenvalue weighted by Gasteiger charge is -2.21. The van der Waals surface area contributed by atoms with Crippen molar-refractivity contribution in [3.05, 3.63) is 35.1 Å². The topological polar surface area (TPSA) is 44.1 Å². The van der Waals surface area contributed by atoms with E-state index < -0.39 is 0 Å². The van der Waals surface area contributed by atoms with E-state index in [9.17, 15) is 9.18 Å². The normalized spacial score (nSPS) is 19.6. The number of benzene rings is 1. The van der Waals surface area contributed by atoms with Crippen molar-refractivity contribution < 1.29 is 9.18 Å². The Balaban J connectivity index is 2.12. The fraction of sp³-hybridized carbons (Fsp3) is 0.500. The van der Waals surface area contributed by atoms with Gasteiger partial charge in [-0.3, -0.25) is 4.79 Å². The summed E-state index contributed by atoms with van der Waals surface area (Å²) in [7, 11) is 0. The third-order valence-corrected chi connectivity index (χ3v) is 4.04. The summed E-state index contributed by atoms with van der Waals surface area (Å²) >= 11 is 0. The van der Waals surface area contributed by atoms with Crippen molar-refractivity contribution in [2.24, 2.45) is 5.92 Å². The molecule has 1 saturated heterocycles. The van der Waals surface area contributed by atoms with Crippen LogP contribution in [0.3, 0.4) is 0 Å². The molecule has 2 rings (SSSR count). The van der Waals surface area contributed by atoms with Crippen molar-refractivity contribution in [3.8, 4) is 6.07 Å². The summed E-state index contributed by atoms with van der Waals surface area (Å²) in [5.41, 5.74) is 0.849. The van der Waals surface area contributed by atoms with Crippen molar-refractivity contribution in [3.63, 3.8) is 0 Å². The number of carbonyl (C=O) groups excluding carboxylic acids is 1. The maximum atomic E-state index is 13.8. The molecule has 0 spiro atoms. The summed E-state index contributed by atoms with van der Waals surface area (Å²) in [5.74, 6) is 0.315. The summed E-state index contributed by atoms with van der Waals surface area (Å²) in [5, 5.41) is 8.87. The summed E-state index contributed by atoms with van der Waals surface area (Å²) in [6, 6.07) is 6.29. The van der Waals surface area contributed by atoms with E-state index in [0.29, 0.717) is 30.0 Å². The van der Waals surface area contributed by atoms with Crippen LogP contribution in [0, 0.1) is 23.1 Å². The van der Waals surface area contributed by atoms with Crippen LogP contribution in [-0.2, 0) is 11.3 Å². The minimum Gasteiger partial charge on any atom is -0.338 e. The molecule has 1 atom stereocenters. The first-order chi connectivity index (χ1) is 9.63. The van der Waals surface area contributed by atoms with Crippen LogP contribution in [0.5, 0.6) is 0 Å². The minimum absolute atomic E-state index is 0.0858. The van der Waals surface area contributed by atoms with E-state index in [-0.39, 0.29) is 18.3 Å². The Morgan fingerprint density at radius 1 is 1.45 bits per heavy atom. The summed E-state index contributed by atoms with van der Waals surface area (Å²) in [6.45, 7) is 3.07. The molecule has 1 aliphatic heterocycles. The van der Waals surface area contributed by atoms with Gasteiger partial charge in [-0.05, 0) is 37.0 Å². The van der Waals surface area contributed by atoms with Crippen LogP contribution in [0.25, 0.3) is 0 Å². The molecule has 1 unspecified atom stereocenters. The molecule has 0 saturated carbocycles. The van der Waals surface area contributed by atoms with E-state index in [2.05, 4.69) is 6.92 Å². The van der Waals surface area contributed by atoms with Crippen LogP contribution in [0.15, 0.2) is 18.2 Å². The van der Waals surface area contributed by atoms with Gasteiger partial charge in [-0.25, -0.2) is 4.39 Å². The zero-order valence-corrected chi connectivity index (χ0v) is 11.7. The van der Waals surface area contributed by atoms with Crippen molar-refractivity contribution >= 4 is 5.91 Å². The molecule has 0 aliphatic carbocycles. The van der Waals surface area contributed by atoms with E-state index in [1.165, 1.54) is 18.2 Å². The monoisotopic (exact) mass is 274 g/mol. The first kappa shape index (κ1) is 14.5. The fourth-order valence-corrected chi connectivity index (χ4v) is 2.64. The molecular weight excluding hydrogens is 255 g/mol. The SMILES string of the molecule is CCC1CCC(=O)N(Cc2cc(C#N)ccc2F)CC1. The van der Waals surface area contributed by atoms with Gasteiger partial charge in [0.25, 0.3) is 0 Å². The highest BCUT2D eigenvalue weighted by molar-refractivity contribution is 5.76. The molecule has 1 aliphatic rings. The van der Waals surface area contributed by atoms with Crippen LogP contribution in [-0.4, -0.2) is 17.4 Å². The summed E-state index contributed by atoms with van der Waals surface area (Å²) in [6.07, 6.45) is 3.52. The summed E-state index contributed by atoms with van der Waals surface area (Å²) in [4.78, 5) is 13.8. The highest BCUT2D eigenvalue weighted by atomic mass is 19.1. The van der Waals surface area contributed by atoms with Crippen LogP contribution >= 0.6 is 0 Å². The van der Waals surface area contributed by atoms with E-state index in [1.54, 1.807) is 4.90 Å². The van der Waals surface area contributed by atoms with Gasteiger partial charge in [-0.15, -0.1) is 0 Å². The van der Waals surface area contributed by atoms with Crippen molar-refractivity contribution in [1.29, 1.82) is 5.26 Å². The third kappa shape index (κ3) is 3.36. The maximum Gasteiger partial charge on any atom is 0.222 e. The van der Waals surface area contributed by atoms with E-state index in [1.807, 2.05) is 6.07 Å². The number of nitrogens with zero attached hydrogens (tertiary/aromatic N) is 2. The van der Waals surface area contributed by atoms with Crippen molar-refractivity contribution in [1.82, 2.24) is 4.90 Å². The Bertz CT molecular complexity index is 536. The second-order valence-electron chi connectivity index (χ2n) is 5.33. The molecule has 1 aromatic rings. The molecule has 0 radical (unpaired) electrons. The number of likely N-dealkylation sites (tertiary alicyclic amines) is 1. The van der Waals surface area contributed by atoms with Gasteiger partial charge in [0.05, 0.1) is 11.6 Å². The van der Waals surface area contributed by atoms with Gasteiger partial charge in [0.15, 0.2) is 0 Å². The van der Waals surface area contributed by atoms with Crippen LogP contribution in [0.1, 0.15) is 43.7 Å². The average Bonchev–Trinajstić information content (AvgIpc) is 2.64.